The number of ether oxygens (including phenoxy) is 1. The summed E-state index contributed by atoms with van der Waals surface area (Å²) in [5, 5.41) is 3.17. The van der Waals surface area contributed by atoms with Crippen molar-refractivity contribution in [2.45, 2.75) is 25.8 Å². The molecule has 0 spiro atoms. The van der Waals surface area contributed by atoms with Crippen LogP contribution >= 0.6 is 0 Å². The van der Waals surface area contributed by atoms with Gasteiger partial charge in [-0.05, 0) is 32.0 Å². The van der Waals surface area contributed by atoms with Gasteiger partial charge in [0, 0.05) is 6.42 Å². The van der Waals surface area contributed by atoms with Crippen LogP contribution in [0, 0.1) is 0 Å². The molecule has 3 N–H and O–H groups in total. The van der Waals surface area contributed by atoms with E-state index in [0.717, 1.165) is 0 Å². The summed E-state index contributed by atoms with van der Waals surface area (Å²) in [7, 11) is 1.30. The minimum Gasteiger partial charge on any atom is -0.463 e. The summed E-state index contributed by atoms with van der Waals surface area (Å²) in [5.41, 5.74) is 5.04. The molecule has 1 rings (SSSR count). The summed E-state index contributed by atoms with van der Waals surface area (Å²) >= 11 is 0. The molecule has 18 heavy (non-hydrogen) atoms. The Labute approximate surface area is 105 Å². The third-order valence-corrected chi connectivity index (χ3v) is 2.49. The number of amides is 1. The lowest BCUT2D eigenvalue weighted by atomic mass is 10.2. The van der Waals surface area contributed by atoms with Crippen molar-refractivity contribution in [3.8, 4) is 0 Å². The fourth-order valence-electron chi connectivity index (χ4n) is 1.48. The van der Waals surface area contributed by atoms with Gasteiger partial charge in [-0.2, -0.15) is 0 Å². The van der Waals surface area contributed by atoms with Crippen LogP contribution < -0.4 is 11.1 Å². The van der Waals surface area contributed by atoms with Crippen molar-refractivity contribution in [2.75, 3.05) is 13.7 Å². The number of rotatable bonds is 7. The van der Waals surface area contributed by atoms with Crippen LogP contribution in [0.1, 0.15) is 42.1 Å². The molecule has 0 saturated heterocycles. The van der Waals surface area contributed by atoms with E-state index in [1.807, 2.05) is 6.92 Å². The van der Waals surface area contributed by atoms with Crippen LogP contribution in [-0.4, -0.2) is 25.5 Å². The Morgan fingerprint density at radius 3 is 2.83 bits per heavy atom. The first-order valence-electron chi connectivity index (χ1n) is 5.74. The van der Waals surface area contributed by atoms with E-state index in [-0.39, 0.29) is 17.7 Å². The molecule has 0 saturated carbocycles. The van der Waals surface area contributed by atoms with Crippen LogP contribution in [0.5, 0.6) is 0 Å². The molecule has 1 heterocycles. The average molecular weight is 254 g/mol. The SMILES string of the molecule is COC(=O)c1ccc(C(C)NCCCC(N)=O)o1. The summed E-state index contributed by atoms with van der Waals surface area (Å²) in [4.78, 5) is 21.7. The summed E-state index contributed by atoms with van der Waals surface area (Å²) in [6, 6.07) is 3.25. The molecule has 1 aromatic heterocycles. The molecular formula is C12H18N2O4. The van der Waals surface area contributed by atoms with Crippen LogP contribution in [0.25, 0.3) is 0 Å². The fourth-order valence-corrected chi connectivity index (χ4v) is 1.48. The van der Waals surface area contributed by atoms with Crippen LogP contribution in [-0.2, 0) is 9.53 Å². The number of nitrogens with one attached hydrogen (secondary N) is 1. The minimum absolute atomic E-state index is 0.0451. The van der Waals surface area contributed by atoms with Gasteiger partial charge >= 0.3 is 5.97 Å². The van der Waals surface area contributed by atoms with Gasteiger partial charge in [-0.25, -0.2) is 4.79 Å². The predicted octanol–water partition coefficient (Wildman–Crippen LogP) is 0.982. The van der Waals surface area contributed by atoms with Crippen LogP contribution in [0.3, 0.4) is 0 Å². The smallest absolute Gasteiger partial charge is 0.373 e. The second-order valence-corrected chi connectivity index (χ2v) is 3.94. The summed E-state index contributed by atoms with van der Waals surface area (Å²) in [6.07, 6.45) is 1.02. The Hall–Kier alpha value is -1.82. The standard InChI is InChI=1S/C12H18N2O4/c1-8(14-7-3-4-11(13)15)9-5-6-10(18-9)12(16)17-2/h5-6,8,14H,3-4,7H2,1-2H3,(H2,13,15). The highest BCUT2D eigenvalue weighted by Gasteiger charge is 2.14. The topological polar surface area (TPSA) is 94.6 Å². The number of nitrogens with two attached hydrogens (primary N) is 1. The van der Waals surface area contributed by atoms with Crippen LogP contribution in [0.2, 0.25) is 0 Å². The molecule has 6 heteroatoms. The van der Waals surface area contributed by atoms with E-state index in [0.29, 0.717) is 25.1 Å². The normalized spacial score (nSPS) is 12.1. The minimum atomic E-state index is -0.498. The lowest BCUT2D eigenvalue weighted by Crippen LogP contribution is -2.21. The number of carbonyl (C=O) groups excluding carboxylic acids is 2. The van der Waals surface area contributed by atoms with Crippen molar-refractivity contribution in [1.82, 2.24) is 5.32 Å². The van der Waals surface area contributed by atoms with E-state index in [1.165, 1.54) is 7.11 Å². The highest BCUT2D eigenvalue weighted by Crippen LogP contribution is 2.16. The van der Waals surface area contributed by atoms with Gasteiger partial charge in [0.05, 0.1) is 13.2 Å². The largest absolute Gasteiger partial charge is 0.463 e. The van der Waals surface area contributed by atoms with E-state index < -0.39 is 5.97 Å². The zero-order chi connectivity index (χ0) is 13.5. The van der Waals surface area contributed by atoms with Gasteiger partial charge in [0.15, 0.2) is 0 Å². The summed E-state index contributed by atoms with van der Waals surface area (Å²) in [5.74, 6) is 0.0189. The molecule has 0 radical (unpaired) electrons. The van der Waals surface area contributed by atoms with Gasteiger partial charge in [0.25, 0.3) is 0 Å². The Kier molecular flexibility index (Phi) is 5.38. The van der Waals surface area contributed by atoms with Crippen molar-refractivity contribution in [1.29, 1.82) is 0 Å². The molecule has 0 bridgehead atoms. The lowest BCUT2D eigenvalue weighted by molar-refractivity contribution is -0.118. The molecule has 0 aliphatic rings. The first-order valence-corrected chi connectivity index (χ1v) is 5.74. The third-order valence-electron chi connectivity index (χ3n) is 2.49. The quantitative estimate of drug-likeness (QED) is 0.558. The second kappa shape index (κ2) is 6.80. The van der Waals surface area contributed by atoms with Crippen LogP contribution in [0.4, 0.5) is 0 Å². The van der Waals surface area contributed by atoms with Crippen molar-refractivity contribution in [2.24, 2.45) is 5.73 Å². The van der Waals surface area contributed by atoms with Crippen molar-refractivity contribution in [3.05, 3.63) is 23.7 Å². The maximum atomic E-state index is 11.2. The molecule has 0 fully saturated rings. The Balaban J connectivity index is 2.41. The molecule has 1 amide bonds. The summed E-state index contributed by atoms with van der Waals surface area (Å²) in [6.45, 7) is 2.56. The van der Waals surface area contributed by atoms with Gasteiger partial charge in [-0.15, -0.1) is 0 Å². The van der Waals surface area contributed by atoms with Crippen LogP contribution in [0.15, 0.2) is 16.5 Å². The molecule has 100 valence electrons. The van der Waals surface area contributed by atoms with Gasteiger partial charge < -0.3 is 20.2 Å². The monoisotopic (exact) mass is 254 g/mol. The molecule has 1 aromatic rings. The van der Waals surface area contributed by atoms with Gasteiger partial charge in [0.2, 0.25) is 11.7 Å². The van der Waals surface area contributed by atoms with Crippen molar-refractivity contribution < 1.29 is 18.7 Å². The number of methoxy groups -OCH3 is 1. The molecule has 1 unspecified atom stereocenters. The number of primary amides is 1. The van der Waals surface area contributed by atoms with E-state index in [1.54, 1.807) is 12.1 Å². The van der Waals surface area contributed by atoms with Gasteiger partial charge in [-0.3, -0.25) is 4.79 Å². The predicted molar refractivity (Wildman–Crippen MR) is 64.9 cm³/mol. The Morgan fingerprint density at radius 1 is 1.50 bits per heavy atom. The molecule has 0 aliphatic carbocycles. The highest BCUT2D eigenvalue weighted by atomic mass is 16.5. The Morgan fingerprint density at radius 2 is 2.22 bits per heavy atom. The summed E-state index contributed by atoms with van der Waals surface area (Å²) < 4.78 is 9.90. The first-order chi connectivity index (χ1) is 8.54. The zero-order valence-electron chi connectivity index (χ0n) is 10.6. The maximum Gasteiger partial charge on any atom is 0.373 e. The highest BCUT2D eigenvalue weighted by molar-refractivity contribution is 5.86. The molecule has 6 nitrogen and oxygen atoms in total. The number of carbonyl (C=O) groups is 2. The van der Waals surface area contributed by atoms with Crippen molar-refractivity contribution >= 4 is 11.9 Å². The zero-order valence-corrected chi connectivity index (χ0v) is 10.6. The molecule has 1 atom stereocenters. The van der Waals surface area contributed by atoms with E-state index >= 15 is 0 Å². The van der Waals surface area contributed by atoms with Gasteiger partial charge in [0.1, 0.15) is 5.76 Å². The van der Waals surface area contributed by atoms with Gasteiger partial charge in [-0.1, -0.05) is 0 Å². The molecule has 0 aliphatic heterocycles. The fraction of sp³-hybridized carbons (Fsp3) is 0.500. The molecule has 0 aromatic carbocycles. The molecular weight excluding hydrogens is 236 g/mol. The van der Waals surface area contributed by atoms with E-state index in [2.05, 4.69) is 10.1 Å². The van der Waals surface area contributed by atoms with Crippen molar-refractivity contribution in [3.63, 3.8) is 0 Å². The first kappa shape index (κ1) is 14.2. The number of hydrogen-bond donors (Lipinski definition) is 2. The second-order valence-electron chi connectivity index (χ2n) is 3.94. The number of furan rings is 1. The average Bonchev–Trinajstić information content (AvgIpc) is 2.82. The Bertz CT molecular complexity index is 414. The van der Waals surface area contributed by atoms with E-state index in [4.69, 9.17) is 10.2 Å². The van der Waals surface area contributed by atoms with E-state index in [9.17, 15) is 9.59 Å². The maximum absolute atomic E-state index is 11.2. The third kappa shape index (κ3) is 4.21. The number of hydrogen-bond acceptors (Lipinski definition) is 5. The number of esters is 1. The lowest BCUT2D eigenvalue weighted by Gasteiger charge is -2.10.